The second-order valence-corrected chi connectivity index (χ2v) is 5.10. The molecule has 0 unspecified atom stereocenters. The summed E-state index contributed by atoms with van der Waals surface area (Å²) < 4.78 is 37.5. The molecule has 4 nitrogen and oxygen atoms in total. The zero-order valence-electron chi connectivity index (χ0n) is 10.9. The van der Waals surface area contributed by atoms with Crippen LogP contribution in [0, 0.1) is 5.92 Å². The standard InChI is InChI=1S/C12H14ClF3N2O2/c1-7(2)5-18(6-10(19)20)11-9(13)3-8(4-17-11)12(14,15)16/h3-4,7H,5-6H2,1-2H3,(H,19,20). The van der Waals surface area contributed by atoms with Gasteiger partial charge in [0.1, 0.15) is 12.4 Å². The molecule has 0 radical (unpaired) electrons. The van der Waals surface area contributed by atoms with Gasteiger partial charge >= 0.3 is 12.1 Å². The first kappa shape index (κ1) is 16.6. The van der Waals surface area contributed by atoms with Gasteiger partial charge < -0.3 is 10.0 Å². The number of aliphatic carboxylic acids is 1. The summed E-state index contributed by atoms with van der Waals surface area (Å²) in [4.78, 5) is 15.8. The van der Waals surface area contributed by atoms with Crippen molar-refractivity contribution in [3.05, 3.63) is 22.8 Å². The summed E-state index contributed by atoms with van der Waals surface area (Å²) >= 11 is 5.80. The van der Waals surface area contributed by atoms with E-state index in [0.29, 0.717) is 12.7 Å². The highest BCUT2D eigenvalue weighted by Crippen LogP contribution is 2.33. The Labute approximate surface area is 119 Å². The van der Waals surface area contributed by atoms with E-state index in [1.54, 1.807) is 0 Å². The van der Waals surface area contributed by atoms with E-state index in [0.717, 1.165) is 6.07 Å². The zero-order valence-corrected chi connectivity index (χ0v) is 11.7. The minimum atomic E-state index is -4.54. The van der Waals surface area contributed by atoms with Crippen molar-refractivity contribution in [1.29, 1.82) is 0 Å². The lowest BCUT2D eigenvalue weighted by atomic mass is 10.2. The highest BCUT2D eigenvalue weighted by molar-refractivity contribution is 6.33. The quantitative estimate of drug-likeness (QED) is 0.906. The lowest BCUT2D eigenvalue weighted by Crippen LogP contribution is -2.34. The number of pyridine rings is 1. The van der Waals surface area contributed by atoms with Crippen LogP contribution in [0.2, 0.25) is 5.02 Å². The van der Waals surface area contributed by atoms with Crippen LogP contribution in [-0.4, -0.2) is 29.1 Å². The molecule has 0 aliphatic rings. The topological polar surface area (TPSA) is 53.4 Å². The second kappa shape index (κ2) is 6.30. The molecule has 8 heteroatoms. The van der Waals surface area contributed by atoms with E-state index in [2.05, 4.69) is 4.98 Å². The molecule has 0 aromatic carbocycles. The van der Waals surface area contributed by atoms with Crippen molar-refractivity contribution in [2.45, 2.75) is 20.0 Å². The van der Waals surface area contributed by atoms with E-state index in [4.69, 9.17) is 16.7 Å². The van der Waals surface area contributed by atoms with Crippen LogP contribution in [0.3, 0.4) is 0 Å². The van der Waals surface area contributed by atoms with Gasteiger partial charge in [0.2, 0.25) is 0 Å². The summed E-state index contributed by atoms with van der Waals surface area (Å²) in [6.07, 6.45) is -3.89. The fourth-order valence-corrected chi connectivity index (χ4v) is 1.93. The highest BCUT2D eigenvalue weighted by atomic mass is 35.5. The van der Waals surface area contributed by atoms with E-state index in [1.807, 2.05) is 13.8 Å². The number of rotatable bonds is 5. The number of hydrogen-bond donors (Lipinski definition) is 1. The van der Waals surface area contributed by atoms with Gasteiger partial charge in [-0.3, -0.25) is 4.79 Å². The predicted octanol–water partition coefficient (Wildman–Crippen LogP) is 3.30. The lowest BCUT2D eigenvalue weighted by Gasteiger charge is -2.25. The van der Waals surface area contributed by atoms with E-state index in [1.165, 1.54) is 4.90 Å². The number of nitrogens with zero attached hydrogens (tertiary/aromatic N) is 2. The molecule has 20 heavy (non-hydrogen) atoms. The van der Waals surface area contributed by atoms with Gasteiger partial charge in [0.25, 0.3) is 0 Å². The van der Waals surface area contributed by atoms with Crippen molar-refractivity contribution in [3.63, 3.8) is 0 Å². The van der Waals surface area contributed by atoms with Crippen molar-refractivity contribution in [2.24, 2.45) is 5.92 Å². The molecule has 1 aromatic rings. The summed E-state index contributed by atoms with van der Waals surface area (Å²) in [6, 6.07) is 0.749. The fraction of sp³-hybridized carbons (Fsp3) is 0.500. The van der Waals surface area contributed by atoms with Crippen LogP contribution in [0.25, 0.3) is 0 Å². The van der Waals surface area contributed by atoms with Gasteiger partial charge in [0.15, 0.2) is 0 Å². The molecule has 1 rings (SSSR count). The Kier molecular flexibility index (Phi) is 5.21. The molecule has 0 bridgehead atoms. The number of halogens is 4. The number of carboxylic acids is 1. The minimum Gasteiger partial charge on any atom is -0.480 e. The van der Waals surface area contributed by atoms with E-state index >= 15 is 0 Å². The van der Waals surface area contributed by atoms with E-state index in [-0.39, 0.29) is 23.3 Å². The summed E-state index contributed by atoms with van der Waals surface area (Å²) in [6.45, 7) is 3.65. The molecule has 0 atom stereocenters. The van der Waals surface area contributed by atoms with Crippen LogP contribution in [0.1, 0.15) is 19.4 Å². The van der Waals surface area contributed by atoms with Gasteiger partial charge in [0, 0.05) is 12.7 Å². The zero-order chi connectivity index (χ0) is 15.5. The Hall–Kier alpha value is -1.50. The normalized spacial score (nSPS) is 11.8. The average Bonchev–Trinajstić information content (AvgIpc) is 2.25. The molecule has 112 valence electrons. The van der Waals surface area contributed by atoms with Crippen LogP contribution in [-0.2, 0) is 11.0 Å². The smallest absolute Gasteiger partial charge is 0.417 e. The summed E-state index contributed by atoms with van der Waals surface area (Å²) in [7, 11) is 0. The third-order valence-electron chi connectivity index (χ3n) is 2.36. The maximum Gasteiger partial charge on any atom is 0.417 e. The fourth-order valence-electron chi connectivity index (χ4n) is 1.65. The first-order chi connectivity index (χ1) is 9.11. The summed E-state index contributed by atoms with van der Waals surface area (Å²) in [5.41, 5.74) is -0.967. The van der Waals surface area contributed by atoms with Crippen molar-refractivity contribution in [1.82, 2.24) is 4.98 Å². The summed E-state index contributed by atoms with van der Waals surface area (Å²) in [5, 5.41) is 8.62. The molecule has 0 aliphatic heterocycles. The Morgan fingerprint density at radius 2 is 2.10 bits per heavy atom. The maximum absolute atomic E-state index is 12.5. The van der Waals surface area contributed by atoms with Crippen LogP contribution in [0.5, 0.6) is 0 Å². The molecule has 0 aliphatic carbocycles. The van der Waals surface area contributed by atoms with Gasteiger partial charge in [-0.15, -0.1) is 0 Å². The average molecular weight is 311 g/mol. The van der Waals surface area contributed by atoms with Gasteiger partial charge in [-0.2, -0.15) is 13.2 Å². The number of aromatic nitrogens is 1. The molecule has 0 fully saturated rings. The molecule has 1 heterocycles. The highest BCUT2D eigenvalue weighted by Gasteiger charge is 2.32. The largest absolute Gasteiger partial charge is 0.480 e. The third-order valence-corrected chi connectivity index (χ3v) is 2.64. The molecule has 0 saturated heterocycles. The predicted molar refractivity (Wildman–Crippen MR) is 68.9 cm³/mol. The number of carbonyl (C=O) groups is 1. The minimum absolute atomic E-state index is 0.0377. The number of anilines is 1. The van der Waals surface area contributed by atoms with Crippen molar-refractivity contribution >= 4 is 23.4 Å². The lowest BCUT2D eigenvalue weighted by molar-refractivity contribution is -0.138. The van der Waals surface area contributed by atoms with Gasteiger partial charge in [-0.05, 0) is 12.0 Å². The van der Waals surface area contributed by atoms with Crippen LogP contribution in [0.15, 0.2) is 12.3 Å². The second-order valence-electron chi connectivity index (χ2n) is 4.70. The Bertz CT molecular complexity index is 492. The van der Waals surface area contributed by atoms with Crippen molar-refractivity contribution in [3.8, 4) is 0 Å². The molecular weight excluding hydrogens is 297 g/mol. The SMILES string of the molecule is CC(C)CN(CC(=O)O)c1ncc(C(F)(F)F)cc1Cl. The van der Waals surface area contributed by atoms with Gasteiger partial charge in [-0.25, -0.2) is 4.98 Å². The van der Waals surface area contributed by atoms with Crippen molar-refractivity contribution in [2.75, 3.05) is 18.0 Å². The van der Waals surface area contributed by atoms with Gasteiger partial charge in [-0.1, -0.05) is 25.4 Å². The Balaban J connectivity index is 3.11. The molecule has 0 amide bonds. The third kappa shape index (κ3) is 4.56. The summed E-state index contributed by atoms with van der Waals surface area (Å²) in [5.74, 6) is -0.964. The van der Waals surface area contributed by atoms with Crippen LogP contribution < -0.4 is 4.90 Å². The molecule has 0 saturated carbocycles. The molecule has 1 N–H and O–H groups in total. The number of alkyl halides is 3. The Morgan fingerprint density at radius 1 is 1.50 bits per heavy atom. The monoisotopic (exact) mass is 310 g/mol. The first-order valence-electron chi connectivity index (χ1n) is 5.80. The van der Waals surface area contributed by atoms with E-state index in [9.17, 15) is 18.0 Å². The van der Waals surface area contributed by atoms with Gasteiger partial charge in [0.05, 0.1) is 10.6 Å². The molecule has 1 aromatic heterocycles. The van der Waals surface area contributed by atoms with E-state index < -0.39 is 17.7 Å². The van der Waals surface area contributed by atoms with Crippen LogP contribution in [0.4, 0.5) is 19.0 Å². The molecular formula is C12H14ClF3N2O2. The molecule has 0 spiro atoms. The Morgan fingerprint density at radius 3 is 2.50 bits per heavy atom. The number of carboxylic acid groups (broad SMARTS) is 1. The first-order valence-corrected chi connectivity index (χ1v) is 6.18. The maximum atomic E-state index is 12.5. The number of hydrogen-bond acceptors (Lipinski definition) is 3. The van der Waals surface area contributed by atoms with Crippen molar-refractivity contribution < 1.29 is 23.1 Å². The van der Waals surface area contributed by atoms with Crippen LogP contribution >= 0.6 is 11.6 Å².